The van der Waals surface area contributed by atoms with Crippen LogP contribution in [0.1, 0.15) is 27.3 Å². The van der Waals surface area contributed by atoms with E-state index in [9.17, 15) is 4.79 Å². The Labute approximate surface area is 88.6 Å². The highest BCUT2D eigenvalue weighted by atomic mass is 16.3. The van der Waals surface area contributed by atoms with Gasteiger partial charge in [-0.3, -0.25) is 9.78 Å². The second-order valence-corrected chi connectivity index (χ2v) is 3.83. The third-order valence-corrected chi connectivity index (χ3v) is 2.64. The van der Waals surface area contributed by atoms with Gasteiger partial charge in [0, 0.05) is 18.8 Å². The zero-order valence-corrected chi connectivity index (χ0v) is 8.95. The lowest BCUT2D eigenvalue weighted by atomic mass is 10.1. The third kappa shape index (κ3) is 1.61. The molecule has 0 saturated carbocycles. The maximum Gasteiger partial charge on any atom is 0.256 e. The van der Waals surface area contributed by atoms with Crippen LogP contribution in [0.3, 0.4) is 0 Å². The summed E-state index contributed by atoms with van der Waals surface area (Å²) < 4.78 is 0. The molecular formula is C11H14N2O2. The number of amides is 1. The molecule has 1 aromatic rings. The summed E-state index contributed by atoms with van der Waals surface area (Å²) in [5, 5.41) is 8.84. The molecule has 2 rings (SSSR count). The van der Waals surface area contributed by atoms with Gasteiger partial charge in [-0.25, -0.2) is 0 Å². The van der Waals surface area contributed by atoms with Crippen molar-refractivity contribution >= 4 is 5.91 Å². The monoisotopic (exact) mass is 206 g/mol. The van der Waals surface area contributed by atoms with E-state index in [4.69, 9.17) is 5.11 Å². The first-order valence-corrected chi connectivity index (χ1v) is 5.00. The van der Waals surface area contributed by atoms with Crippen molar-refractivity contribution in [1.29, 1.82) is 0 Å². The number of hydrogen-bond acceptors (Lipinski definition) is 3. The first kappa shape index (κ1) is 10.1. The number of aliphatic hydroxyl groups is 1. The molecule has 4 heteroatoms. The summed E-state index contributed by atoms with van der Waals surface area (Å²) in [5.41, 5.74) is 3.47. The van der Waals surface area contributed by atoms with Crippen molar-refractivity contribution in [2.45, 2.75) is 20.4 Å². The van der Waals surface area contributed by atoms with Crippen LogP contribution in [0.2, 0.25) is 0 Å². The summed E-state index contributed by atoms with van der Waals surface area (Å²) in [6.45, 7) is 4.77. The van der Waals surface area contributed by atoms with E-state index >= 15 is 0 Å². The average Bonchev–Trinajstić information content (AvgIpc) is 2.43. The van der Waals surface area contributed by atoms with E-state index in [1.807, 2.05) is 19.9 Å². The minimum absolute atomic E-state index is 0.00515. The molecule has 4 nitrogen and oxygen atoms in total. The summed E-state index contributed by atoms with van der Waals surface area (Å²) in [6, 6.07) is 1.94. The van der Waals surface area contributed by atoms with Crippen LogP contribution in [0.15, 0.2) is 6.07 Å². The molecule has 0 aromatic carbocycles. The second kappa shape index (κ2) is 3.62. The highest BCUT2D eigenvalue weighted by Crippen LogP contribution is 2.24. The van der Waals surface area contributed by atoms with Gasteiger partial charge in [-0.15, -0.1) is 0 Å². The first-order valence-electron chi connectivity index (χ1n) is 5.00. The lowest BCUT2D eigenvalue weighted by molar-refractivity contribution is 0.0745. The van der Waals surface area contributed by atoms with Crippen LogP contribution in [0.25, 0.3) is 0 Å². The number of rotatable bonds is 2. The minimum atomic E-state index is -0.0101. The van der Waals surface area contributed by atoms with Crippen LogP contribution < -0.4 is 0 Å². The molecule has 0 spiro atoms. The van der Waals surface area contributed by atoms with Crippen molar-refractivity contribution in [1.82, 2.24) is 9.88 Å². The molecule has 0 saturated heterocycles. The Balaban J connectivity index is 2.41. The number of nitrogens with zero attached hydrogens (tertiary/aromatic N) is 2. The Morgan fingerprint density at radius 1 is 1.53 bits per heavy atom. The van der Waals surface area contributed by atoms with Crippen molar-refractivity contribution in [3.63, 3.8) is 0 Å². The highest BCUT2D eigenvalue weighted by molar-refractivity contribution is 5.99. The summed E-state index contributed by atoms with van der Waals surface area (Å²) in [7, 11) is 0. The van der Waals surface area contributed by atoms with Gasteiger partial charge in [-0.05, 0) is 25.5 Å². The van der Waals surface area contributed by atoms with Gasteiger partial charge in [0.15, 0.2) is 0 Å². The molecule has 0 bridgehead atoms. The quantitative estimate of drug-likeness (QED) is 0.772. The molecule has 80 valence electrons. The van der Waals surface area contributed by atoms with E-state index in [0.717, 1.165) is 17.0 Å². The standard InChI is InChI=1S/C11H14N2O2/c1-7-5-9-6-13(3-4-14)11(15)10(9)8(2)12-7/h5,14H,3-4,6H2,1-2H3. The Hall–Kier alpha value is -1.42. The predicted molar refractivity (Wildman–Crippen MR) is 55.5 cm³/mol. The molecule has 0 atom stereocenters. The van der Waals surface area contributed by atoms with Crippen LogP contribution in [-0.2, 0) is 6.54 Å². The molecular weight excluding hydrogens is 192 g/mol. The lowest BCUT2D eigenvalue weighted by Gasteiger charge is -2.12. The van der Waals surface area contributed by atoms with Gasteiger partial charge in [0.25, 0.3) is 5.91 Å². The maximum atomic E-state index is 11.9. The molecule has 0 fully saturated rings. The Morgan fingerprint density at radius 2 is 2.27 bits per heavy atom. The number of aliphatic hydroxyl groups excluding tert-OH is 1. The normalized spacial score (nSPS) is 14.6. The lowest BCUT2D eigenvalue weighted by Crippen LogP contribution is -2.27. The highest BCUT2D eigenvalue weighted by Gasteiger charge is 2.29. The van der Waals surface area contributed by atoms with E-state index in [0.29, 0.717) is 18.7 Å². The van der Waals surface area contributed by atoms with Gasteiger partial charge in [0.05, 0.1) is 17.9 Å². The van der Waals surface area contributed by atoms with Crippen LogP contribution in [-0.4, -0.2) is 34.0 Å². The number of fused-ring (bicyclic) bond motifs is 1. The van der Waals surface area contributed by atoms with Gasteiger partial charge in [-0.1, -0.05) is 0 Å². The fraction of sp³-hybridized carbons (Fsp3) is 0.455. The number of carbonyl (C=O) groups excluding carboxylic acids is 1. The molecule has 1 aliphatic heterocycles. The number of aromatic nitrogens is 1. The van der Waals surface area contributed by atoms with Crippen LogP contribution in [0, 0.1) is 13.8 Å². The topological polar surface area (TPSA) is 53.4 Å². The van der Waals surface area contributed by atoms with E-state index in [-0.39, 0.29) is 12.5 Å². The second-order valence-electron chi connectivity index (χ2n) is 3.83. The number of hydrogen-bond donors (Lipinski definition) is 1. The molecule has 0 radical (unpaired) electrons. The largest absolute Gasteiger partial charge is 0.395 e. The molecule has 2 heterocycles. The Morgan fingerprint density at radius 3 is 2.93 bits per heavy atom. The average molecular weight is 206 g/mol. The molecule has 1 amide bonds. The number of aryl methyl sites for hydroxylation is 2. The van der Waals surface area contributed by atoms with Crippen LogP contribution >= 0.6 is 0 Å². The van der Waals surface area contributed by atoms with Crippen molar-refractivity contribution in [2.75, 3.05) is 13.2 Å². The van der Waals surface area contributed by atoms with E-state index in [1.54, 1.807) is 4.90 Å². The smallest absolute Gasteiger partial charge is 0.256 e. The fourth-order valence-corrected chi connectivity index (χ4v) is 2.06. The molecule has 1 aliphatic rings. The summed E-state index contributed by atoms with van der Waals surface area (Å²) in [4.78, 5) is 17.8. The molecule has 1 N–H and O–H groups in total. The fourth-order valence-electron chi connectivity index (χ4n) is 2.06. The van der Waals surface area contributed by atoms with Crippen LogP contribution in [0.4, 0.5) is 0 Å². The molecule has 1 aromatic heterocycles. The SMILES string of the molecule is Cc1cc2c(c(C)n1)C(=O)N(CCO)C2. The maximum absolute atomic E-state index is 11.9. The summed E-state index contributed by atoms with van der Waals surface area (Å²) >= 11 is 0. The molecule has 0 aliphatic carbocycles. The number of pyridine rings is 1. The Bertz CT molecular complexity index is 415. The van der Waals surface area contributed by atoms with Gasteiger partial charge in [0.2, 0.25) is 0 Å². The first-order chi connectivity index (χ1) is 7.13. The zero-order chi connectivity index (χ0) is 11.0. The van der Waals surface area contributed by atoms with Crippen molar-refractivity contribution < 1.29 is 9.90 Å². The van der Waals surface area contributed by atoms with Gasteiger partial charge in [0.1, 0.15) is 0 Å². The summed E-state index contributed by atoms with van der Waals surface area (Å²) in [5.74, 6) is -0.0101. The molecule has 15 heavy (non-hydrogen) atoms. The third-order valence-electron chi connectivity index (χ3n) is 2.64. The minimum Gasteiger partial charge on any atom is -0.395 e. The van der Waals surface area contributed by atoms with E-state index < -0.39 is 0 Å². The van der Waals surface area contributed by atoms with Crippen molar-refractivity contribution in [3.05, 3.63) is 28.6 Å². The van der Waals surface area contributed by atoms with E-state index in [1.165, 1.54) is 0 Å². The molecule has 0 unspecified atom stereocenters. The van der Waals surface area contributed by atoms with Crippen molar-refractivity contribution in [2.24, 2.45) is 0 Å². The van der Waals surface area contributed by atoms with Gasteiger partial charge < -0.3 is 10.0 Å². The summed E-state index contributed by atoms with van der Waals surface area (Å²) in [6.07, 6.45) is 0. The predicted octanol–water partition coefficient (Wildman–Crippen LogP) is 0.647. The number of carbonyl (C=O) groups is 1. The zero-order valence-electron chi connectivity index (χ0n) is 8.95. The van der Waals surface area contributed by atoms with Gasteiger partial charge in [-0.2, -0.15) is 0 Å². The van der Waals surface area contributed by atoms with Crippen molar-refractivity contribution in [3.8, 4) is 0 Å². The number of β-amino-alcohol motifs (C(OH)–C–C–N with tert-alkyl or cyclic N) is 1. The Kier molecular flexibility index (Phi) is 2.44. The van der Waals surface area contributed by atoms with Gasteiger partial charge >= 0.3 is 0 Å². The van der Waals surface area contributed by atoms with E-state index in [2.05, 4.69) is 4.98 Å². The van der Waals surface area contributed by atoms with Crippen LogP contribution in [0.5, 0.6) is 0 Å².